The minimum atomic E-state index is 0.697. The Labute approximate surface area is 112 Å². The third kappa shape index (κ3) is 4.07. The molecule has 1 N–H and O–H groups in total. The van der Waals surface area contributed by atoms with E-state index in [2.05, 4.69) is 45.3 Å². The van der Waals surface area contributed by atoms with Crippen LogP contribution in [-0.4, -0.2) is 11.0 Å². The molecule has 0 aliphatic heterocycles. The van der Waals surface area contributed by atoms with Gasteiger partial charge >= 0.3 is 0 Å². The van der Waals surface area contributed by atoms with Crippen molar-refractivity contribution in [2.75, 3.05) is 0 Å². The van der Waals surface area contributed by atoms with Gasteiger partial charge in [-0.25, -0.2) is 0 Å². The van der Waals surface area contributed by atoms with E-state index < -0.39 is 0 Å². The highest BCUT2D eigenvalue weighted by atomic mass is 79.9. The maximum absolute atomic E-state index is 4.38. The van der Waals surface area contributed by atoms with Crippen LogP contribution in [0.4, 0.5) is 0 Å². The molecule has 0 atom stereocenters. The van der Waals surface area contributed by atoms with Crippen molar-refractivity contribution in [3.63, 3.8) is 0 Å². The van der Waals surface area contributed by atoms with E-state index in [9.17, 15) is 0 Å². The largest absolute Gasteiger partial charge is 0.308 e. The van der Waals surface area contributed by atoms with Crippen molar-refractivity contribution in [2.24, 2.45) is 5.92 Å². The van der Waals surface area contributed by atoms with E-state index in [0.29, 0.717) is 6.04 Å². The molecule has 0 aromatic carbocycles. The number of aromatic nitrogens is 1. The maximum Gasteiger partial charge on any atom is 0.0542 e. The van der Waals surface area contributed by atoms with Crippen molar-refractivity contribution in [2.45, 2.75) is 51.6 Å². The zero-order valence-corrected chi connectivity index (χ0v) is 12.0. The molecule has 0 saturated heterocycles. The highest BCUT2D eigenvalue weighted by Crippen LogP contribution is 2.26. The molecule has 0 bridgehead atoms. The van der Waals surface area contributed by atoms with Crippen LogP contribution in [0.15, 0.2) is 22.8 Å². The van der Waals surface area contributed by atoms with Crippen molar-refractivity contribution in [3.05, 3.63) is 28.5 Å². The van der Waals surface area contributed by atoms with Crippen LogP contribution in [-0.2, 0) is 6.54 Å². The summed E-state index contributed by atoms with van der Waals surface area (Å²) in [4.78, 5) is 4.38. The Balaban J connectivity index is 1.74. The third-order valence-corrected chi connectivity index (χ3v) is 4.25. The summed E-state index contributed by atoms with van der Waals surface area (Å²) in [6, 6.07) is 4.83. The zero-order valence-electron chi connectivity index (χ0n) is 10.5. The van der Waals surface area contributed by atoms with Crippen LogP contribution in [0.1, 0.15) is 44.7 Å². The molecule has 1 fully saturated rings. The fourth-order valence-corrected chi connectivity index (χ4v) is 2.77. The third-order valence-electron chi connectivity index (χ3n) is 3.78. The lowest BCUT2D eigenvalue weighted by molar-refractivity contribution is 0.284. The monoisotopic (exact) mass is 296 g/mol. The number of hydrogen-bond acceptors (Lipinski definition) is 2. The van der Waals surface area contributed by atoms with E-state index in [1.807, 2.05) is 6.20 Å². The minimum absolute atomic E-state index is 0.697. The van der Waals surface area contributed by atoms with Gasteiger partial charge in [0.25, 0.3) is 0 Å². The summed E-state index contributed by atoms with van der Waals surface area (Å²) in [7, 11) is 0. The SMILES string of the molecule is CCC1CCC(NCc2ccc(Br)cn2)CC1. The summed E-state index contributed by atoms with van der Waals surface area (Å²) in [6.45, 7) is 3.21. The lowest BCUT2D eigenvalue weighted by Gasteiger charge is -2.28. The number of nitrogens with zero attached hydrogens (tertiary/aromatic N) is 1. The lowest BCUT2D eigenvalue weighted by atomic mass is 9.84. The average molecular weight is 297 g/mol. The minimum Gasteiger partial charge on any atom is -0.308 e. The average Bonchev–Trinajstić information content (AvgIpc) is 2.39. The molecule has 1 saturated carbocycles. The molecule has 0 amide bonds. The van der Waals surface area contributed by atoms with Gasteiger partial charge in [0.15, 0.2) is 0 Å². The standard InChI is InChI=1S/C14H21BrN2/c1-2-11-3-6-13(7-4-11)17-10-14-8-5-12(15)9-16-14/h5,8-9,11,13,17H,2-4,6-7,10H2,1H3. The molecule has 94 valence electrons. The van der Waals surface area contributed by atoms with Crippen molar-refractivity contribution in [1.29, 1.82) is 0 Å². The van der Waals surface area contributed by atoms with Crippen LogP contribution in [0.2, 0.25) is 0 Å². The summed E-state index contributed by atoms with van der Waals surface area (Å²) < 4.78 is 1.05. The molecule has 2 rings (SSSR count). The van der Waals surface area contributed by atoms with Gasteiger partial charge in [0, 0.05) is 23.3 Å². The van der Waals surface area contributed by atoms with E-state index in [1.54, 1.807) is 0 Å². The van der Waals surface area contributed by atoms with Gasteiger partial charge in [-0.3, -0.25) is 4.98 Å². The van der Waals surface area contributed by atoms with Crippen molar-refractivity contribution in [1.82, 2.24) is 10.3 Å². The fraction of sp³-hybridized carbons (Fsp3) is 0.643. The highest BCUT2D eigenvalue weighted by molar-refractivity contribution is 9.10. The van der Waals surface area contributed by atoms with Gasteiger partial charge in [0.05, 0.1) is 5.69 Å². The molecule has 17 heavy (non-hydrogen) atoms. The predicted octanol–water partition coefficient (Wildman–Crippen LogP) is 3.90. The Morgan fingerprint density at radius 1 is 1.29 bits per heavy atom. The van der Waals surface area contributed by atoms with Crippen LogP contribution in [0.25, 0.3) is 0 Å². The normalized spacial score (nSPS) is 24.8. The first-order valence-corrected chi connectivity index (χ1v) is 7.41. The molecule has 1 aliphatic rings. The summed E-state index contributed by atoms with van der Waals surface area (Å²) >= 11 is 3.40. The first-order chi connectivity index (χ1) is 8.28. The Morgan fingerprint density at radius 2 is 2.06 bits per heavy atom. The topological polar surface area (TPSA) is 24.9 Å². The van der Waals surface area contributed by atoms with Gasteiger partial charge in [-0.1, -0.05) is 13.3 Å². The van der Waals surface area contributed by atoms with Crippen LogP contribution in [0.5, 0.6) is 0 Å². The molecule has 0 spiro atoms. The fourth-order valence-electron chi connectivity index (χ4n) is 2.53. The number of nitrogens with one attached hydrogen (secondary N) is 1. The Kier molecular flexibility index (Phi) is 4.99. The molecule has 0 unspecified atom stereocenters. The molecule has 1 heterocycles. The van der Waals surface area contributed by atoms with Gasteiger partial charge in [0.2, 0.25) is 0 Å². The van der Waals surface area contributed by atoms with E-state index >= 15 is 0 Å². The van der Waals surface area contributed by atoms with Crippen LogP contribution in [0.3, 0.4) is 0 Å². The zero-order chi connectivity index (χ0) is 12.1. The van der Waals surface area contributed by atoms with Crippen molar-refractivity contribution < 1.29 is 0 Å². The van der Waals surface area contributed by atoms with E-state index in [1.165, 1.54) is 32.1 Å². The van der Waals surface area contributed by atoms with Crippen LogP contribution < -0.4 is 5.32 Å². The number of halogens is 1. The molecule has 0 radical (unpaired) electrons. The van der Waals surface area contributed by atoms with Gasteiger partial charge in [0.1, 0.15) is 0 Å². The summed E-state index contributed by atoms with van der Waals surface area (Å²) in [6.07, 6.45) is 8.65. The Bertz CT molecular complexity index is 329. The summed E-state index contributed by atoms with van der Waals surface area (Å²) in [5, 5.41) is 3.62. The van der Waals surface area contributed by atoms with Crippen LogP contribution in [0, 0.1) is 5.92 Å². The number of pyridine rings is 1. The van der Waals surface area contributed by atoms with Gasteiger partial charge < -0.3 is 5.32 Å². The predicted molar refractivity (Wildman–Crippen MR) is 74.8 cm³/mol. The maximum atomic E-state index is 4.38. The second-order valence-electron chi connectivity index (χ2n) is 4.97. The molecule has 1 aromatic rings. The van der Waals surface area contributed by atoms with Crippen LogP contribution >= 0.6 is 15.9 Å². The number of hydrogen-bond donors (Lipinski definition) is 1. The number of rotatable bonds is 4. The summed E-state index contributed by atoms with van der Waals surface area (Å²) in [5.74, 6) is 0.971. The van der Waals surface area contributed by atoms with Crippen molar-refractivity contribution in [3.8, 4) is 0 Å². The quantitative estimate of drug-likeness (QED) is 0.911. The molecule has 3 heteroatoms. The first kappa shape index (κ1) is 13.0. The lowest BCUT2D eigenvalue weighted by Crippen LogP contribution is -2.32. The molecule has 1 aromatic heterocycles. The van der Waals surface area contributed by atoms with E-state index in [-0.39, 0.29) is 0 Å². The van der Waals surface area contributed by atoms with E-state index in [0.717, 1.165) is 22.6 Å². The van der Waals surface area contributed by atoms with Gasteiger partial charge in [-0.05, 0) is 59.7 Å². The smallest absolute Gasteiger partial charge is 0.0542 e. The molecular formula is C14H21BrN2. The molecule has 1 aliphatic carbocycles. The van der Waals surface area contributed by atoms with Crippen molar-refractivity contribution >= 4 is 15.9 Å². The Hall–Kier alpha value is -0.410. The second-order valence-corrected chi connectivity index (χ2v) is 5.89. The first-order valence-electron chi connectivity index (χ1n) is 6.61. The van der Waals surface area contributed by atoms with Gasteiger partial charge in [-0.15, -0.1) is 0 Å². The molecular weight excluding hydrogens is 276 g/mol. The highest BCUT2D eigenvalue weighted by Gasteiger charge is 2.19. The Morgan fingerprint density at radius 3 is 2.65 bits per heavy atom. The second kappa shape index (κ2) is 6.50. The molecule has 2 nitrogen and oxygen atoms in total. The summed E-state index contributed by atoms with van der Waals surface area (Å²) in [5.41, 5.74) is 1.13. The van der Waals surface area contributed by atoms with Gasteiger partial charge in [-0.2, -0.15) is 0 Å². The van der Waals surface area contributed by atoms with E-state index in [4.69, 9.17) is 0 Å².